The monoisotopic (exact) mass is 250 g/mol. The van der Waals surface area contributed by atoms with Crippen LogP contribution in [-0.2, 0) is 6.54 Å². The summed E-state index contributed by atoms with van der Waals surface area (Å²) < 4.78 is 5.81. The number of pyridine rings is 1. The lowest BCUT2D eigenvalue weighted by Gasteiger charge is -2.21. The summed E-state index contributed by atoms with van der Waals surface area (Å²) in [6.45, 7) is 13.7. The Morgan fingerprint density at radius 1 is 1.28 bits per heavy atom. The van der Waals surface area contributed by atoms with Crippen LogP contribution in [-0.4, -0.2) is 16.6 Å². The summed E-state index contributed by atoms with van der Waals surface area (Å²) in [6.07, 6.45) is 1.99. The predicted molar refractivity (Wildman–Crippen MR) is 75.8 cm³/mol. The summed E-state index contributed by atoms with van der Waals surface area (Å²) >= 11 is 0. The van der Waals surface area contributed by atoms with E-state index in [4.69, 9.17) is 4.74 Å². The van der Waals surface area contributed by atoms with E-state index in [1.54, 1.807) is 0 Å². The van der Waals surface area contributed by atoms with Gasteiger partial charge in [0.25, 0.3) is 0 Å². The number of ether oxygens (including phenoxy) is 1. The van der Waals surface area contributed by atoms with E-state index in [0.29, 0.717) is 11.8 Å². The molecule has 102 valence electrons. The largest absolute Gasteiger partial charge is 0.474 e. The quantitative estimate of drug-likeness (QED) is 0.869. The highest BCUT2D eigenvalue weighted by Gasteiger charge is 2.11. The first-order valence-electron chi connectivity index (χ1n) is 6.64. The zero-order chi connectivity index (χ0) is 13.8. The zero-order valence-electron chi connectivity index (χ0n) is 12.4. The first-order valence-corrected chi connectivity index (χ1v) is 6.64. The second-order valence-corrected chi connectivity index (χ2v) is 6.17. The second kappa shape index (κ2) is 6.19. The topological polar surface area (TPSA) is 34.1 Å². The molecule has 0 radical (unpaired) electrons. The Morgan fingerprint density at radius 3 is 2.50 bits per heavy atom. The van der Waals surface area contributed by atoms with Crippen LogP contribution in [0.25, 0.3) is 0 Å². The maximum Gasteiger partial charge on any atom is 0.213 e. The minimum Gasteiger partial charge on any atom is -0.474 e. The zero-order valence-corrected chi connectivity index (χ0v) is 12.4. The maximum atomic E-state index is 5.81. The van der Waals surface area contributed by atoms with Gasteiger partial charge in [-0.1, -0.05) is 13.8 Å². The summed E-state index contributed by atoms with van der Waals surface area (Å²) in [7, 11) is 0. The highest BCUT2D eigenvalue weighted by molar-refractivity contribution is 5.20. The molecule has 0 bridgehead atoms. The van der Waals surface area contributed by atoms with Crippen LogP contribution in [0.15, 0.2) is 18.3 Å². The molecule has 1 rings (SSSR count). The smallest absolute Gasteiger partial charge is 0.213 e. The molecule has 0 fully saturated rings. The molecule has 1 aromatic rings. The highest BCUT2D eigenvalue weighted by atomic mass is 16.5. The predicted octanol–water partition coefficient (Wildman–Crippen LogP) is 3.39. The number of aromatic nitrogens is 1. The number of nitrogens with zero attached hydrogens (tertiary/aromatic N) is 1. The van der Waals surface area contributed by atoms with Crippen molar-refractivity contribution in [3.05, 3.63) is 23.9 Å². The molecule has 1 heterocycles. The van der Waals surface area contributed by atoms with Crippen LogP contribution < -0.4 is 10.1 Å². The fraction of sp³-hybridized carbons (Fsp3) is 0.667. The van der Waals surface area contributed by atoms with Gasteiger partial charge in [0.2, 0.25) is 5.88 Å². The van der Waals surface area contributed by atoms with Gasteiger partial charge in [0, 0.05) is 24.3 Å². The summed E-state index contributed by atoms with van der Waals surface area (Å²) in [5.74, 6) is 1.20. The maximum absolute atomic E-state index is 5.81. The summed E-state index contributed by atoms with van der Waals surface area (Å²) in [4.78, 5) is 4.26. The average molecular weight is 250 g/mol. The molecule has 0 spiro atoms. The lowest BCUT2D eigenvalue weighted by Crippen LogP contribution is -2.35. The summed E-state index contributed by atoms with van der Waals surface area (Å²) in [6, 6.07) is 4.03. The van der Waals surface area contributed by atoms with E-state index in [1.165, 1.54) is 5.56 Å². The summed E-state index contributed by atoms with van der Waals surface area (Å²) in [5.41, 5.74) is 1.32. The lowest BCUT2D eigenvalue weighted by molar-refractivity contribution is 0.163. The molecule has 1 atom stereocenters. The Bertz CT molecular complexity index is 369. The molecular formula is C15H26N2O. The standard InChI is InChI=1S/C15H26N2O/c1-11(2)12(3)18-14-9-13(7-8-16-14)10-17-15(4,5)6/h7-9,11-12,17H,10H2,1-6H3. The Hall–Kier alpha value is -1.09. The normalized spacial score (nSPS) is 13.7. The van der Waals surface area contributed by atoms with E-state index < -0.39 is 0 Å². The summed E-state index contributed by atoms with van der Waals surface area (Å²) in [5, 5.41) is 3.46. The van der Waals surface area contributed by atoms with Gasteiger partial charge < -0.3 is 10.1 Å². The van der Waals surface area contributed by atoms with E-state index in [0.717, 1.165) is 6.54 Å². The van der Waals surface area contributed by atoms with Crippen molar-refractivity contribution in [2.24, 2.45) is 5.92 Å². The molecule has 0 saturated heterocycles. The lowest BCUT2D eigenvalue weighted by atomic mass is 10.1. The number of nitrogens with one attached hydrogen (secondary N) is 1. The van der Waals surface area contributed by atoms with E-state index in [-0.39, 0.29) is 11.6 Å². The van der Waals surface area contributed by atoms with Crippen molar-refractivity contribution in [3.8, 4) is 5.88 Å². The van der Waals surface area contributed by atoms with Crippen molar-refractivity contribution in [3.63, 3.8) is 0 Å². The van der Waals surface area contributed by atoms with Crippen LogP contribution in [0.5, 0.6) is 5.88 Å². The van der Waals surface area contributed by atoms with Crippen LogP contribution in [0.4, 0.5) is 0 Å². The van der Waals surface area contributed by atoms with Crippen molar-refractivity contribution in [2.75, 3.05) is 0 Å². The molecule has 18 heavy (non-hydrogen) atoms. The molecule has 0 aliphatic carbocycles. The molecule has 1 N–H and O–H groups in total. The van der Waals surface area contributed by atoms with Gasteiger partial charge in [-0.2, -0.15) is 0 Å². The van der Waals surface area contributed by atoms with E-state index in [9.17, 15) is 0 Å². The van der Waals surface area contributed by atoms with Gasteiger partial charge in [0.05, 0.1) is 6.10 Å². The fourth-order valence-corrected chi connectivity index (χ4v) is 1.32. The Labute approximate surface area is 111 Å². The molecule has 0 saturated carbocycles. The highest BCUT2D eigenvalue weighted by Crippen LogP contribution is 2.15. The molecule has 1 unspecified atom stereocenters. The van der Waals surface area contributed by atoms with Gasteiger partial charge in [-0.3, -0.25) is 0 Å². The molecule has 0 aromatic carbocycles. The fourth-order valence-electron chi connectivity index (χ4n) is 1.32. The van der Waals surface area contributed by atoms with Crippen molar-refractivity contribution in [1.82, 2.24) is 10.3 Å². The minimum atomic E-state index is 0.121. The van der Waals surface area contributed by atoms with Gasteiger partial charge in [0.1, 0.15) is 0 Å². The van der Waals surface area contributed by atoms with Gasteiger partial charge in [-0.25, -0.2) is 4.98 Å². The van der Waals surface area contributed by atoms with Crippen molar-refractivity contribution < 1.29 is 4.74 Å². The van der Waals surface area contributed by atoms with Crippen LogP contribution in [0.3, 0.4) is 0 Å². The third-order valence-corrected chi connectivity index (χ3v) is 2.87. The molecule has 0 amide bonds. The third kappa shape index (κ3) is 5.50. The van der Waals surface area contributed by atoms with Gasteiger partial charge >= 0.3 is 0 Å². The van der Waals surface area contributed by atoms with E-state index >= 15 is 0 Å². The minimum absolute atomic E-state index is 0.121. The van der Waals surface area contributed by atoms with Crippen molar-refractivity contribution in [2.45, 2.75) is 59.7 Å². The Balaban J connectivity index is 2.62. The molecular weight excluding hydrogens is 224 g/mol. The SMILES string of the molecule is CC(C)C(C)Oc1cc(CNC(C)(C)C)ccn1. The molecule has 0 aliphatic heterocycles. The first kappa shape index (κ1) is 15.0. The van der Waals surface area contributed by atoms with Crippen molar-refractivity contribution >= 4 is 0 Å². The Morgan fingerprint density at radius 2 is 1.94 bits per heavy atom. The number of rotatable bonds is 5. The number of hydrogen-bond acceptors (Lipinski definition) is 3. The van der Waals surface area contributed by atoms with E-state index in [2.05, 4.69) is 51.8 Å². The first-order chi connectivity index (χ1) is 8.28. The molecule has 3 nitrogen and oxygen atoms in total. The van der Waals surface area contributed by atoms with Crippen LogP contribution in [0.2, 0.25) is 0 Å². The van der Waals surface area contributed by atoms with Gasteiger partial charge in [-0.05, 0) is 45.2 Å². The van der Waals surface area contributed by atoms with E-state index in [1.807, 2.05) is 18.3 Å². The van der Waals surface area contributed by atoms with Crippen LogP contribution in [0, 0.1) is 5.92 Å². The molecule has 1 aromatic heterocycles. The van der Waals surface area contributed by atoms with Crippen LogP contribution >= 0.6 is 0 Å². The van der Waals surface area contributed by atoms with Gasteiger partial charge in [0.15, 0.2) is 0 Å². The Kier molecular flexibility index (Phi) is 5.15. The second-order valence-electron chi connectivity index (χ2n) is 6.17. The van der Waals surface area contributed by atoms with Crippen LogP contribution in [0.1, 0.15) is 47.1 Å². The number of hydrogen-bond donors (Lipinski definition) is 1. The molecule has 3 heteroatoms. The van der Waals surface area contributed by atoms with Gasteiger partial charge in [-0.15, -0.1) is 0 Å². The third-order valence-electron chi connectivity index (χ3n) is 2.87. The average Bonchev–Trinajstić information content (AvgIpc) is 2.26. The molecule has 0 aliphatic rings. The van der Waals surface area contributed by atoms with Crippen molar-refractivity contribution in [1.29, 1.82) is 0 Å².